The molecule has 8 nitrogen and oxygen atoms in total. The molecule has 1 N–H and O–H groups in total. The lowest BCUT2D eigenvalue weighted by atomic mass is 10.1. The summed E-state index contributed by atoms with van der Waals surface area (Å²) >= 11 is 0. The molecule has 2 aliphatic heterocycles. The monoisotopic (exact) mass is 413 g/mol. The smallest absolute Gasteiger partial charge is 0.263 e. The van der Waals surface area contributed by atoms with Crippen LogP contribution < -0.4 is 10.2 Å². The van der Waals surface area contributed by atoms with E-state index in [4.69, 9.17) is 0 Å². The number of nitrogens with one attached hydrogen (secondary N) is 1. The van der Waals surface area contributed by atoms with Gasteiger partial charge in [-0.25, -0.2) is 13.7 Å². The summed E-state index contributed by atoms with van der Waals surface area (Å²) < 4.78 is 26.8. The Hall–Kier alpha value is -3.69. The maximum absolute atomic E-state index is 13.6. The average Bonchev–Trinajstić information content (AvgIpc) is 3.24. The van der Waals surface area contributed by atoms with Crippen LogP contribution in [-0.4, -0.2) is 41.4 Å². The van der Waals surface area contributed by atoms with Crippen molar-refractivity contribution in [2.45, 2.75) is 25.4 Å². The van der Waals surface area contributed by atoms with Crippen LogP contribution >= 0.6 is 0 Å². The number of amides is 3. The Morgan fingerprint density at radius 2 is 1.87 bits per heavy atom. The van der Waals surface area contributed by atoms with Crippen molar-refractivity contribution in [1.82, 2.24) is 5.01 Å². The molecule has 3 amide bonds. The van der Waals surface area contributed by atoms with Crippen molar-refractivity contribution < 1.29 is 23.2 Å². The fraction of sp³-hybridized carbons (Fsp3) is 0.250. The van der Waals surface area contributed by atoms with Crippen LogP contribution in [0.2, 0.25) is 0 Å². The Bertz CT molecular complexity index is 1070. The van der Waals surface area contributed by atoms with Gasteiger partial charge in [0.05, 0.1) is 5.69 Å². The van der Waals surface area contributed by atoms with E-state index in [0.717, 1.165) is 40.1 Å². The predicted molar refractivity (Wildman–Crippen MR) is 102 cm³/mol. The summed E-state index contributed by atoms with van der Waals surface area (Å²) in [6.45, 7) is 1.66. The molecule has 0 radical (unpaired) electrons. The fourth-order valence-corrected chi connectivity index (χ4v) is 3.52. The minimum atomic E-state index is -1.18. The molecule has 0 bridgehead atoms. The summed E-state index contributed by atoms with van der Waals surface area (Å²) in [5.41, 5.74) is 1.49. The van der Waals surface area contributed by atoms with Crippen LogP contribution in [-0.2, 0) is 20.8 Å². The molecule has 30 heavy (non-hydrogen) atoms. The van der Waals surface area contributed by atoms with Crippen LogP contribution in [0.3, 0.4) is 0 Å². The molecule has 0 aliphatic carbocycles. The largest absolute Gasteiger partial charge is 0.324 e. The number of hydrogen-bond acceptors (Lipinski definition) is 6. The van der Waals surface area contributed by atoms with E-state index in [1.807, 2.05) is 19.1 Å². The molecule has 10 heteroatoms. The maximum atomic E-state index is 13.6. The molecule has 2 aromatic rings. The van der Waals surface area contributed by atoms with Gasteiger partial charge in [0.1, 0.15) is 6.54 Å². The number of imide groups is 1. The minimum Gasteiger partial charge on any atom is -0.324 e. The van der Waals surface area contributed by atoms with Crippen molar-refractivity contribution in [2.75, 3.05) is 16.8 Å². The van der Waals surface area contributed by atoms with Crippen molar-refractivity contribution >= 4 is 29.1 Å². The molecule has 0 aromatic heterocycles. The van der Waals surface area contributed by atoms with Gasteiger partial charge in [-0.1, -0.05) is 30.3 Å². The topological polar surface area (TPSA) is 94.4 Å². The van der Waals surface area contributed by atoms with Crippen LogP contribution in [0.5, 0.6) is 0 Å². The van der Waals surface area contributed by atoms with E-state index < -0.39 is 41.4 Å². The molecule has 2 aromatic carbocycles. The summed E-state index contributed by atoms with van der Waals surface area (Å²) in [6.07, 6.45) is 0.723. The van der Waals surface area contributed by atoms with Crippen LogP contribution in [0.4, 0.5) is 20.2 Å². The van der Waals surface area contributed by atoms with E-state index in [2.05, 4.69) is 15.7 Å². The Balaban J connectivity index is 1.50. The van der Waals surface area contributed by atoms with Gasteiger partial charge in [-0.05, 0) is 30.2 Å². The van der Waals surface area contributed by atoms with Gasteiger partial charge in [0, 0.05) is 11.8 Å². The summed E-state index contributed by atoms with van der Waals surface area (Å²) in [6, 6.07) is 7.78. The highest BCUT2D eigenvalue weighted by molar-refractivity contribution is 6.25. The number of nitrogens with zero attached hydrogens (tertiary/aromatic N) is 4. The molecule has 1 fully saturated rings. The van der Waals surface area contributed by atoms with E-state index in [9.17, 15) is 23.2 Å². The summed E-state index contributed by atoms with van der Waals surface area (Å²) in [4.78, 5) is 38.7. The molecule has 2 aliphatic rings. The molecule has 0 unspecified atom stereocenters. The molecule has 0 saturated carbocycles. The second-order valence-electron chi connectivity index (χ2n) is 6.86. The van der Waals surface area contributed by atoms with E-state index in [0.29, 0.717) is 5.69 Å². The van der Waals surface area contributed by atoms with Crippen LogP contribution in [0.15, 0.2) is 52.8 Å². The normalized spacial score (nSPS) is 20.1. The zero-order valence-corrected chi connectivity index (χ0v) is 15.9. The average molecular weight is 413 g/mol. The Labute approximate surface area is 170 Å². The number of halogens is 2. The number of anilines is 2. The number of fused-ring (bicyclic) bond motifs is 1. The molecule has 154 valence electrons. The summed E-state index contributed by atoms with van der Waals surface area (Å²) in [7, 11) is 0. The number of carbonyl (C=O) groups excluding carboxylic acids is 3. The van der Waals surface area contributed by atoms with Crippen molar-refractivity contribution in [2.24, 2.45) is 10.3 Å². The maximum Gasteiger partial charge on any atom is 0.263 e. The quantitative estimate of drug-likeness (QED) is 0.762. The first-order chi connectivity index (χ1) is 14.4. The molecule has 1 saturated heterocycles. The zero-order valence-electron chi connectivity index (χ0n) is 15.9. The van der Waals surface area contributed by atoms with E-state index in [1.54, 1.807) is 12.1 Å². The highest BCUT2D eigenvalue weighted by atomic mass is 19.2. The Morgan fingerprint density at radius 3 is 2.60 bits per heavy atom. The van der Waals surface area contributed by atoms with Gasteiger partial charge in [-0.3, -0.25) is 19.4 Å². The van der Waals surface area contributed by atoms with E-state index in [1.165, 1.54) is 0 Å². The number of para-hydroxylation sites is 1. The van der Waals surface area contributed by atoms with Gasteiger partial charge >= 0.3 is 0 Å². The van der Waals surface area contributed by atoms with E-state index in [-0.39, 0.29) is 12.2 Å². The first-order valence-corrected chi connectivity index (χ1v) is 9.28. The number of rotatable bonds is 5. The van der Waals surface area contributed by atoms with Gasteiger partial charge in [-0.2, -0.15) is 5.11 Å². The van der Waals surface area contributed by atoms with Crippen molar-refractivity contribution in [3.8, 4) is 0 Å². The van der Waals surface area contributed by atoms with Gasteiger partial charge in [0.2, 0.25) is 5.91 Å². The van der Waals surface area contributed by atoms with Crippen LogP contribution in [0.25, 0.3) is 0 Å². The van der Waals surface area contributed by atoms with Gasteiger partial charge in [0.25, 0.3) is 11.8 Å². The summed E-state index contributed by atoms with van der Waals surface area (Å²) in [5, 5.41) is 11.5. The second kappa shape index (κ2) is 7.62. The molecular weight excluding hydrogens is 396 g/mol. The number of carbonyl (C=O) groups is 3. The Morgan fingerprint density at radius 1 is 1.10 bits per heavy atom. The minimum absolute atomic E-state index is 0.102. The third-order valence-electron chi connectivity index (χ3n) is 5.00. The second-order valence-corrected chi connectivity index (χ2v) is 6.86. The SMILES string of the molecule is CCc1ccccc1NC(=O)CN1N=N[C@H]2C(=O)N(c3ccc(F)c(F)c3)C(=O)[C@H]21. The van der Waals surface area contributed by atoms with Gasteiger partial charge in [0.15, 0.2) is 23.7 Å². The van der Waals surface area contributed by atoms with Gasteiger partial charge < -0.3 is 5.32 Å². The van der Waals surface area contributed by atoms with E-state index >= 15 is 0 Å². The first-order valence-electron chi connectivity index (χ1n) is 9.28. The molecular formula is C20H17F2N5O3. The molecule has 0 spiro atoms. The number of aryl methyl sites for hydroxylation is 1. The first kappa shape index (κ1) is 19.6. The lowest BCUT2D eigenvalue weighted by molar-refractivity contribution is -0.123. The predicted octanol–water partition coefficient (Wildman–Crippen LogP) is 2.46. The summed E-state index contributed by atoms with van der Waals surface area (Å²) in [5.74, 6) is -4.12. The van der Waals surface area contributed by atoms with Crippen LogP contribution in [0, 0.1) is 11.6 Å². The highest BCUT2D eigenvalue weighted by Gasteiger charge is 2.55. The van der Waals surface area contributed by atoms with Crippen molar-refractivity contribution in [1.29, 1.82) is 0 Å². The third-order valence-corrected chi connectivity index (χ3v) is 5.00. The fourth-order valence-electron chi connectivity index (χ4n) is 3.52. The molecule has 2 atom stereocenters. The van der Waals surface area contributed by atoms with Crippen LogP contribution in [0.1, 0.15) is 12.5 Å². The zero-order chi connectivity index (χ0) is 21.4. The molecule has 2 heterocycles. The lowest BCUT2D eigenvalue weighted by Crippen LogP contribution is -2.43. The van der Waals surface area contributed by atoms with Crippen molar-refractivity contribution in [3.63, 3.8) is 0 Å². The molecule has 4 rings (SSSR count). The standard InChI is InChI=1S/C20H17F2N5O3/c1-2-11-5-3-4-6-15(11)23-16(28)10-26-18-17(24-25-26)19(29)27(20(18)30)12-7-8-13(21)14(22)9-12/h3-9,17-18H,2,10H2,1H3,(H,23,28)/t17-,18+/m1/s1. The lowest BCUT2D eigenvalue weighted by Gasteiger charge is -2.20. The Kier molecular flexibility index (Phi) is 4.98. The van der Waals surface area contributed by atoms with Gasteiger partial charge in [-0.15, -0.1) is 0 Å². The number of hydrogen-bond donors (Lipinski definition) is 1. The highest BCUT2D eigenvalue weighted by Crippen LogP contribution is 2.32. The number of benzene rings is 2. The third kappa shape index (κ3) is 3.30. The van der Waals surface area contributed by atoms with Crippen molar-refractivity contribution in [3.05, 3.63) is 59.7 Å².